The lowest BCUT2D eigenvalue weighted by atomic mass is 10.1. The zero-order valence-electron chi connectivity index (χ0n) is 15.3. The van der Waals surface area contributed by atoms with Crippen LogP contribution >= 0.6 is 0 Å². The third-order valence-corrected chi connectivity index (χ3v) is 4.15. The van der Waals surface area contributed by atoms with E-state index >= 15 is 0 Å². The first-order chi connectivity index (χ1) is 12.8. The van der Waals surface area contributed by atoms with Gasteiger partial charge in [-0.05, 0) is 36.9 Å². The summed E-state index contributed by atoms with van der Waals surface area (Å²) in [6.07, 6.45) is 1.78. The van der Waals surface area contributed by atoms with Gasteiger partial charge in [-0.2, -0.15) is 0 Å². The molecule has 0 aliphatic rings. The molecular formula is C22H24N2O2. The van der Waals surface area contributed by atoms with E-state index in [4.69, 9.17) is 9.47 Å². The van der Waals surface area contributed by atoms with Crippen molar-refractivity contribution in [3.8, 4) is 22.8 Å². The number of pyridine rings is 1. The summed E-state index contributed by atoms with van der Waals surface area (Å²) in [4.78, 5) is 6.63. The van der Waals surface area contributed by atoms with Crippen LogP contribution in [0.2, 0.25) is 0 Å². The lowest BCUT2D eigenvalue weighted by molar-refractivity contribution is 0.232. The molecule has 0 aliphatic heterocycles. The minimum Gasteiger partial charge on any atom is -0.496 e. The van der Waals surface area contributed by atoms with Gasteiger partial charge in [0.15, 0.2) is 0 Å². The molecule has 1 aromatic heterocycles. The van der Waals surface area contributed by atoms with Crippen LogP contribution in [0.1, 0.15) is 5.56 Å². The van der Waals surface area contributed by atoms with Crippen molar-refractivity contribution in [2.75, 3.05) is 27.3 Å². The first-order valence-electron chi connectivity index (χ1n) is 8.71. The van der Waals surface area contributed by atoms with Gasteiger partial charge in [0.1, 0.15) is 18.1 Å². The molecule has 0 bridgehead atoms. The molecule has 0 N–H and O–H groups in total. The Balaban J connectivity index is 1.57. The Morgan fingerprint density at radius 2 is 1.77 bits per heavy atom. The third-order valence-electron chi connectivity index (χ3n) is 4.15. The standard InChI is InChI=1S/C22H24N2O2/c1-24(17-18-8-4-3-5-9-18)14-15-26-19-11-12-20(22(16-19)25-2)21-10-6-7-13-23-21/h3-13,16H,14-15,17H2,1-2H3. The number of methoxy groups -OCH3 is 1. The lowest BCUT2D eigenvalue weighted by Gasteiger charge is -2.17. The highest BCUT2D eigenvalue weighted by Gasteiger charge is 2.09. The van der Waals surface area contributed by atoms with Crippen molar-refractivity contribution < 1.29 is 9.47 Å². The number of hydrogen-bond acceptors (Lipinski definition) is 4. The Bertz CT molecular complexity index is 807. The maximum atomic E-state index is 5.91. The number of ether oxygens (including phenoxy) is 2. The maximum Gasteiger partial charge on any atom is 0.131 e. The van der Waals surface area contributed by atoms with E-state index in [1.165, 1.54) is 5.56 Å². The van der Waals surface area contributed by atoms with Crippen LogP contribution in [0.15, 0.2) is 72.9 Å². The predicted molar refractivity (Wildman–Crippen MR) is 104 cm³/mol. The first kappa shape index (κ1) is 18.0. The average molecular weight is 348 g/mol. The van der Waals surface area contributed by atoms with Crippen LogP contribution in [-0.4, -0.2) is 37.2 Å². The van der Waals surface area contributed by atoms with Gasteiger partial charge in [0.2, 0.25) is 0 Å². The zero-order valence-corrected chi connectivity index (χ0v) is 15.3. The second-order valence-corrected chi connectivity index (χ2v) is 6.15. The van der Waals surface area contributed by atoms with Gasteiger partial charge >= 0.3 is 0 Å². The molecular weight excluding hydrogens is 324 g/mol. The number of hydrogen-bond donors (Lipinski definition) is 0. The summed E-state index contributed by atoms with van der Waals surface area (Å²) in [7, 11) is 3.76. The molecule has 3 rings (SSSR count). The number of nitrogens with zero attached hydrogens (tertiary/aromatic N) is 2. The molecule has 26 heavy (non-hydrogen) atoms. The van der Waals surface area contributed by atoms with Crippen molar-refractivity contribution in [1.82, 2.24) is 9.88 Å². The third kappa shape index (κ3) is 4.83. The van der Waals surface area contributed by atoms with Gasteiger partial charge in [0.05, 0.1) is 12.8 Å². The number of likely N-dealkylation sites (N-methyl/N-ethyl adjacent to an activating group) is 1. The fourth-order valence-corrected chi connectivity index (χ4v) is 2.79. The highest BCUT2D eigenvalue weighted by Crippen LogP contribution is 2.32. The smallest absolute Gasteiger partial charge is 0.131 e. The molecule has 0 fully saturated rings. The quantitative estimate of drug-likeness (QED) is 0.609. The van der Waals surface area contributed by atoms with E-state index in [1.807, 2.05) is 42.5 Å². The van der Waals surface area contributed by atoms with E-state index in [2.05, 4.69) is 41.2 Å². The Morgan fingerprint density at radius 3 is 2.50 bits per heavy atom. The molecule has 4 heteroatoms. The molecule has 1 heterocycles. The highest BCUT2D eigenvalue weighted by atomic mass is 16.5. The van der Waals surface area contributed by atoms with Crippen LogP contribution in [0.4, 0.5) is 0 Å². The normalized spacial score (nSPS) is 10.7. The summed E-state index contributed by atoms with van der Waals surface area (Å²) in [5.74, 6) is 1.56. The summed E-state index contributed by atoms with van der Waals surface area (Å²) < 4.78 is 11.4. The summed E-state index contributed by atoms with van der Waals surface area (Å²) in [6, 6.07) is 22.1. The minimum absolute atomic E-state index is 0.620. The molecule has 0 atom stereocenters. The van der Waals surface area contributed by atoms with Crippen molar-refractivity contribution in [3.63, 3.8) is 0 Å². The number of aromatic nitrogens is 1. The second kappa shape index (κ2) is 9.02. The molecule has 2 aromatic carbocycles. The monoisotopic (exact) mass is 348 g/mol. The van der Waals surface area contributed by atoms with Crippen molar-refractivity contribution >= 4 is 0 Å². The summed E-state index contributed by atoms with van der Waals surface area (Å²) in [5.41, 5.74) is 3.15. The van der Waals surface area contributed by atoms with Gasteiger partial charge in [0, 0.05) is 30.9 Å². The molecule has 3 aromatic rings. The Labute approximate surface area is 155 Å². The highest BCUT2D eigenvalue weighted by molar-refractivity contribution is 5.68. The van der Waals surface area contributed by atoms with Crippen molar-refractivity contribution in [2.45, 2.75) is 6.54 Å². The van der Waals surface area contributed by atoms with Gasteiger partial charge < -0.3 is 9.47 Å². The Kier molecular flexibility index (Phi) is 6.23. The Hall–Kier alpha value is -2.85. The maximum absolute atomic E-state index is 5.91. The van der Waals surface area contributed by atoms with E-state index in [-0.39, 0.29) is 0 Å². The molecule has 0 spiro atoms. The van der Waals surface area contributed by atoms with E-state index in [0.717, 1.165) is 35.8 Å². The van der Waals surface area contributed by atoms with Gasteiger partial charge in [-0.25, -0.2) is 0 Å². The molecule has 0 saturated carbocycles. The molecule has 134 valence electrons. The van der Waals surface area contributed by atoms with Crippen molar-refractivity contribution in [2.24, 2.45) is 0 Å². The SMILES string of the molecule is COc1cc(OCCN(C)Cc2ccccc2)ccc1-c1ccccn1. The van der Waals surface area contributed by atoms with Gasteiger partial charge in [-0.1, -0.05) is 36.4 Å². The van der Waals surface area contributed by atoms with Crippen LogP contribution in [0.3, 0.4) is 0 Å². The van der Waals surface area contributed by atoms with Crippen LogP contribution in [0, 0.1) is 0 Å². The molecule has 0 radical (unpaired) electrons. The lowest BCUT2D eigenvalue weighted by Crippen LogP contribution is -2.23. The van der Waals surface area contributed by atoms with E-state index in [0.29, 0.717) is 6.61 Å². The Morgan fingerprint density at radius 1 is 0.962 bits per heavy atom. The van der Waals surface area contributed by atoms with Crippen LogP contribution in [0.5, 0.6) is 11.5 Å². The fraction of sp³-hybridized carbons (Fsp3) is 0.227. The van der Waals surface area contributed by atoms with Gasteiger partial charge in [-0.15, -0.1) is 0 Å². The molecule has 0 amide bonds. The molecule has 0 aliphatic carbocycles. The largest absolute Gasteiger partial charge is 0.496 e. The van der Waals surface area contributed by atoms with E-state index in [9.17, 15) is 0 Å². The second-order valence-electron chi connectivity index (χ2n) is 6.15. The molecule has 0 unspecified atom stereocenters. The summed E-state index contributed by atoms with van der Waals surface area (Å²) in [5, 5.41) is 0. The van der Waals surface area contributed by atoms with Gasteiger partial charge in [0.25, 0.3) is 0 Å². The zero-order chi connectivity index (χ0) is 18.2. The van der Waals surface area contributed by atoms with E-state index in [1.54, 1.807) is 13.3 Å². The van der Waals surface area contributed by atoms with Crippen LogP contribution in [-0.2, 0) is 6.54 Å². The number of benzene rings is 2. The van der Waals surface area contributed by atoms with Crippen molar-refractivity contribution in [1.29, 1.82) is 0 Å². The number of rotatable bonds is 8. The molecule has 4 nitrogen and oxygen atoms in total. The minimum atomic E-state index is 0.620. The van der Waals surface area contributed by atoms with Gasteiger partial charge in [-0.3, -0.25) is 9.88 Å². The predicted octanol–water partition coefficient (Wildman–Crippen LogP) is 4.27. The average Bonchev–Trinajstić information content (AvgIpc) is 2.69. The van der Waals surface area contributed by atoms with Crippen LogP contribution < -0.4 is 9.47 Å². The van der Waals surface area contributed by atoms with Crippen LogP contribution in [0.25, 0.3) is 11.3 Å². The first-order valence-corrected chi connectivity index (χ1v) is 8.71. The summed E-state index contributed by atoms with van der Waals surface area (Å²) in [6.45, 7) is 2.38. The van der Waals surface area contributed by atoms with Crippen molar-refractivity contribution in [3.05, 3.63) is 78.5 Å². The fourth-order valence-electron chi connectivity index (χ4n) is 2.79. The molecule has 0 saturated heterocycles. The van der Waals surface area contributed by atoms with E-state index < -0.39 is 0 Å². The summed E-state index contributed by atoms with van der Waals surface area (Å²) >= 11 is 0. The topological polar surface area (TPSA) is 34.6 Å².